The van der Waals surface area contributed by atoms with Crippen LogP contribution in [0.4, 0.5) is 0 Å². The van der Waals surface area contributed by atoms with Gasteiger partial charge in [-0.05, 0) is 96.3 Å². The topological polar surface area (TPSA) is 131 Å². The van der Waals surface area contributed by atoms with Gasteiger partial charge in [0.2, 0.25) is 30.5 Å². The van der Waals surface area contributed by atoms with Crippen molar-refractivity contribution in [1.29, 1.82) is 0 Å². The van der Waals surface area contributed by atoms with E-state index < -0.39 is 0 Å². The van der Waals surface area contributed by atoms with Gasteiger partial charge >= 0.3 is 0 Å². The first-order valence-corrected chi connectivity index (χ1v) is 22.3. The fourth-order valence-electron chi connectivity index (χ4n) is 10.1. The molecule has 0 aromatic rings. The van der Waals surface area contributed by atoms with Crippen LogP contribution in [0.3, 0.4) is 0 Å². The molecule has 1 aliphatic carbocycles. The molecule has 7 atom stereocenters. The molecular weight excluding hydrogens is 697 g/mol. The number of likely N-dealkylation sites (tertiary alicyclic amines) is 3. The molecule has 3 saturated heterocycles. The lowest BCUT2D eigenvalue weighted by Crippen LogP contribution is -2.56. The summed E-state index contributed by atoms with van der Waals surface area (Å²) in [7, 11) is 0. The lowest BCUT2D eigenvalue weighted by molar-refractivity contribution is -0.137. The first-order chi connectivity index (χ1) is 26.7. The van der Waals surface area contributed by atoms with Gasteiger partial charge in [0.15, 0.2) is 0 Å². The van der Waals surface area contributed by atoms with Crippen molar-refractivity contribution in [3.63, 3.8) is 0 Å². The second-order valence-corrected chi connectivity index (χ2v) is 16.7. The number of Topliss-reactive ketones (excluding diaryl/α,β-unsaturated/α-hetero) is 1. The number of carbonyl (C=O) groups excluding carboxylic acids is 6. The van der Waals surface area contributed by atoms with Gasteiger partial charge < -0.3 is 29.8 Å². The Morgan fingerprint density at radius 1 is 0.618 bits per heavy atom. The molecule has 5 amide bonds. The molecule has 4 rings (SSSR count). The number of amides is 5. The van der Waals surface area contributed by atoms with Crippen LogP contribution >= 0.6 is 0 Å². The fourth-order valence-corrected chi connectivity index (χ4v) is 10.1. The zero-order chi connectivity index (χ0) is 39.7. The van der Waals surface area contributed by atoms with Gasteiger partial charge in [-0.15, -0.1) is 0 Å². The average Bonchev–Trinajstić information content (AvgIpc) is 3.66. The number of rotatable bonds is 24. The number of nitrogens with zero attached hydrogens (tertiary/aromatic N) is 5. The Morgan fingerprint density at radius 2 is 1.16 bits per heavy atom. The lowest BCUT2D eigenvalue weighted by Gasteiger charge is -2.43. The van der Waals surface area contributed by atoms with E-state index >= 15 is 0 Å². The van der Waals surface area contributed by atoms with Crippen LogP contribution in [0, 0.1) is 0 Å². The van der Waals surface area contributed by atoms with E-state index in [0.717, 1.165) is 103 Å². The number of nitrogens with one attached hydrogen (secondary N) is 1. The van der Waals surface area contributed by atoms with Crippen molar-refractivity contribution in [2.75, 3.05) is 32.7 Å². The maximum Gasteiger partial charge on any atom is 0.222 e. The molecule has 3 heterocycles. The molecule has 12 nitrogen and oxygen atoms in total. The minimum absolute atomic E-state index is 0.0111. The predicted molar refractivity (Wildman–Crippen MR) is 215 cm³/mol. The van der Waals surface area contributed by atoms with Gasteiger partial charge in [0.25, 0.3) is 0 Å². The molecule has 55 heavy (non-hydrogen) atoms. The van der Waals surface area contributed by atoms with Crippen LogP contribution in [0.1, 0.15) is 163 Å². The number of hydrogen-bond acceptors (Lipinski definition) is 7. The molecule has 0 aromatic heterocycles. The Kier molecular flexibility index (Phi) is 18.9. The van der Waals surface area contributed by atoms with Gasteiger partial charge in [-0.3, -0.25) is 28.8 Å². The second kappa shape index (κ2) is 23.3. The highest BCUT2D eigenvalue weighted by molar-refractivity contribution is 5.86. The molecule has 1 saturated carbocycles. The van der Waals surface area contributed by atoms with Crippen LogP contribution < -0.4 is 5.32 Å². The Balaban J connectivity index is 1.56. The highest BCUT2D eigenvalue weighted by atomic mass is 16.2. The summed E-state index contributed by atoms with van der Waals surface area (Å²) in [4.78, 5) is 88.4. The van der Waals surface area contributed by atoms with E-state index in [1.807, 2.05) is 24.5 Å². The van der Waals surface area contributed by atoms with Crippen molar-refractivity contribution in [2.24, 2.45) is 0 Å². The summed E-state index contributed by atoms with van der Waals surface area (Å²) in [6.45, 7) is 11.4. The summed E-state index contributed by atoms with van der Waals surface area (Å²) in [5, 5.41) is 3.63. The molecule has 7 unspecified atom stereocenters. The summed E-state index contributed by atoms with van der Waals surface area (Å²) >= 11 is 0. The van der Waals surface area contributed by atoms with E-state index in [9.17, 15) is 28.8 Å². The minimum Gasteiger partial charge on any atom is -0.340 e. The molecule has 3 aliphatic heterocycles. The minimum atomic E-state index is -0.250. The van der Waals surface area contributed by atoms with E-state index in [1.165, 1.54) is 0 Å². The Labute approximate surface area is 331 Å². The smallest absolute Gasteiger partial charge is 0.222 e. The second-order valence-electron chi connectivity index (χ2n) is 16.7. The molecule has 12 heteroatoms. The van der Waals surface area contributed by atoms with Crippen LogP contribution in [-0.2, 0) is 28.8 Å². The molecule has 0 radical (unpaired) electrons. The molecule has 1 N–H and O–H groups in total. The highest BCUT2D eigenvalue weighted by Gasteiger charge is 2.38. The Morgan fingerprint density at radius 3 is 1.65 bits per heavy atom. The van der Waals surface area contributed by atoms with E-state index in [4.69, 9.17) is 0 Å². The van der Waals surface area contributed by atoms with Crippen LogP contribution in [-0.4, -0.2) is 136 Å². The summed E-state index contributed by atoms with van der Waals surface area (Å²) in [5.74, 6) is 0.766. The van der Waals surface area contributed by atoms with Crippen LogP contribution in [0.2, 0.25) is 0 Å². The predicted octanol–water partition coefficient (Wildman–Crippen LogP) is 5.45. The summed E-state index contributed by atoms with van der Waals surface area (Å²) < 4.78 is 0. The molecule has 0 bridgehead atoms. The largest absolute Gasteiger partial charge is 0.340 e. The summed E-state index contributed by atoms with van der Waals surface area (Å²) in [5.41, 5.74) is 0. The summed E-state index contributed by atoms with van der Waals surface area (Å²) in [6.07, 6.45) is 18.1. The normalized spacial score (nSPS) is 23.2. The summed E-state index contributed by atoms with van der Waals surface area (Å²) in [6, 6.07) is -0.803. The quantitative estimate of drug-likeness (QED) is 0.129. The molecule has 0 spiro atoms. The van der Waals surface area contributed by atoms with Crippen LogP contribution in [0.25, 0.3) is 0 Å². The van der Waals surface area contributed by atoms with Crippen molar-refractivity contribution in [3.05, 3.63) is 0 Å². The standard InChI is InChI=1S/C43H74N6O6/c1-5-33(44-35-18-15-19-40(35)52)30-39(37(8-4)49-28-14-10-12-21-43(49)55)46(32-51)26-17-25-45(31-50)38(24-23-34(6-2)47-29-16-22-41(47)53)36(7-3)48-27-13-9-11-20-42(48)54/h31-39,44H,5-30H2,1-4H3. The third kappa shape index (κ3) is 12.2. The SMILES string of the molecule is CCC(CC(C(CC)N1CCCCCC1=O)N(C=O)CCCN(C=O)C(CCC(CC)N1CCCC1=O)C(CC)N1CCCCCC1=O)NC1CCCC1=O. The molecule has 4 fully saturated rings. The number of ketones is 1. The maximum absolute atomic E-state index is 13.5. The maximum atomic E-state index is 13.5. The fraction of sp³-hybridized carbons (Fsp3) is 0.860. The third-order valence-corrected chi connectivity index (χ3v) is 13.3. The van der Waals surface area contributed by atoms with Crippen molar-refractivity contribution in [3.8, 4) is 0 Å². The monoisotopic (exact) mass is 771 g/mol. The van der Waals surface area contributed by atoms with Gasteiger partial charge in [-0.1, -0.05) is 40.5 Å². The highest BCUT2D eigenvalue weighted by Crippen LogP contribution is 2.28. The van der Waals surface area contributed by atoms with Crippen LogP contribution in [0.15, 0.2) is 0 Å². The number of carbonyl (C=O) groups is 6. The van der Waals surface area contributed by atoms with E-state index in [0.29, 0.717) is 77.5 Å². The average molecular weight is 771 g/mol. The number of hydrogen-bond donors (Lipinski definition) is 1. The van der Waals surface area contributed by atoms with Gasteiger partial charge in [0, 0.05) is 70.5 Å². The zero-order valence-corrected chi connectivity index (χ0v) is 34.8. The Hall–Kier alpha value is -3.02. The third-order valence-electron chi connectivity index (χ3n) is 13.3. The van der Waals surface area contributed by atoms with Gasteiger partial charge in [-0.2, -0.15) is 0 Å². The molecule has 4 aliphatic rings. The van der Waals surface area contributed by atoms with Crippen molar-refractivity contribution in [1.82, 2.24) is 29.8 Å². The first kappa shape index (κ1) is 44.7. The van der Waals surface area contributed by atoms with Gasteiger partial charge in [0.1, 0.15) is 5.78 Å². The van der Waals surface area contributed by atoms with Crippen molar-refractivity contribution < 1.29 is 28.8 Å². The zero-order valence-electron chi connectivity index (χ0n) is 34.8. The van der Waals surface area contributed by atoms with Crippen LogP contribution in [0.5, 0.6) is 0 Å². The molecule has 0 aromatic carbocycles. The van der Waals surface area contributed by atoms with E-state index in [1.54, 1.807) is 0 Å². The van der Waals surface area contributed by atoms with E-state index in [-0.39, 0.29) is 65.8 Å². The molecule has 312 valence electrons. The molecular formula is C43H74N6O6. The van der Waals surface area contributed by atoms with Gasteiger partial charge in [0.05, 0.1) is 30.2 Å². The van der Waals surface area contributed by atoms with Crippen molar-refractivity contribution in [2.45, 2.75) is 205 Å². The van der Waals surface area contributed by atoms with Gasteiger partial charge in [-0.25, -0.2) is 0 Å². The first-order valence-electron chi connectivity index (χ1n) is 22.3. The lowest BCUT2D eigenvalue weighted by atomic mass is 9.92. The van der Waals surface area contributed by atoms with E-state index in [2.05, 4.69) is 33.0 Å². The Bertz CT molecular complexity index is 1250. The van der Waals surface area contributed by atoms with Crippen molar-refractivity contribution >= 4 is 36.3 Å².